The van der Waals surface area contributed by atoms with Crippen LogP contribution in [0.5, 0.6) is 5.75 Å². The Morgan fingerprint density at radius 2 is 2.17 bits per heavy atom. The van der Waals surface area contributed by atoms with Crippen LogP contribution in [0.1, 0.15) is 29.6 Å². The second-order valence-electron chi connectivity index (χ2n) is 6.55. The van der Waals surface area contributed by atoms with Crippen molar-refractivity contribution in [3.05, 3.63) is 28.2 Å². The Balaban J connectivity index is 1.47. The third kappa shape index (κ3) is 4.46. The molecule has 0 saturated carbocycles. The van der Waals surface area contributed by atoms with Crippen LogP contribution in [0.25, 0.3) is 0 Å². The van der Waals surface area contributed by atoms with Gasteiger partial charge in [0.2, 0.25) is 0 Å². The van der Waals surface area contributed by atoms with Gasteiger partial charge in [-0.1, -0.05) is 0 Å². The molecule has 1 aromatic carbocycles. The van der Waals surface area contributed by atoms with E-state index in [4.69, 9.17) is 4.74 Å². The Hall–Kier alpha value is -0.720. The van der Waals surface area contributed by atoms with E-state index in [1.165, 1.54) is 43.9 Å². The van der Waals surface area contributed by atoms with Gasteiger partial charge < -0.3 is 10.1 Å². The smallest absolute Gasteiger partial charge is 0.252 e. The van der Waals surface area contributed by atoms with Crippen LogP contribution in [-0.4, -0.2) is 55.1 Å². The van der Waals surface area contributed by atoms with Gasteiger partial charge in [0.15, 0.2) is 0 Å². The molecule has 3 rings (SSSR count). The van der Waals surface area contributed by atoms with E-state index in [2.05, 4.69) is 37.9 Å². The first kappa shape index (κ1) is 18.1. The van der Waals surface area contributed by atoms with Gasteiger partial charge in [-0.2, -0.15) is 11.8 Å². The predicted octanol–water partition coefficient (Wildman–Crippen LogP) is 3.41. The number of methoxy groups -OCH3 is 1. The molecule has 132 valence electrons. The molecule has 0 aromatic heterocycles. The SMILES string of the molecule is COc1ccc(Br)c(C(=O)NCC2CCN([C@@H]3CCSC3)CC2)c1. The maximum atomic E-state index is 12.4. The highest BCUT2D eigenvalue weighted by Gasteiger charge is 2.27. The molecule has 2 aliphatic heterocycles. The van der Waals surface area contributed by atoms with Crippen molar-refractivity contribution in [1.82, 2.24) is 10.2 Å². The number of likely N-dealkylation sites (tertiary alicyclic amines) is 1. The van der Waals surface area contributed by atoms with Crippen LogP contribution >= 0.6 is 27.7 Å². The van der Waals surface area contributed by atoms with Gasteiger partial charge in [0, 0.05) is 22.8 Å². The summed E-state index contributed by atoms with van der Waals surface area (Å²) in [4.78, 5) is 15.1. The summed E-state index contributed by atoms with van der Waals surface area (Å²) in [6, 6.07) is 6.27. The first-order chi connectivity index (χ1) is 11.7. The summed E-state index contributed by atoms with van der Waals surface area (Å²) in [6.45, 7) is 3.11. The lowest BCUT2D eigenvalue weighted by Gasteiger charge is -2.35. The first-order valence-electron chi connectivity index (χ1n) is 8.61. The molecule has 1 amide bonds. The van der Waals surface area contributed by atoms with E-state index < -0.39 is 0 Å². The fraction of sp³-hybridized carbons (Fsp3) is 0.611. The van der Waals surface area contributed by atoms with Crippen LogP contribution in [0, 0.1) is 5.92 Å². The molecule has 1 aromatic rings. The van der Waals surface area contributed by atoms with Crippen LogP contribution in [0.3, 0.4) is 0 Å². The van der Waals surface area contributed by atoms with Gasteiger partial charge >= 0.3 is 0 Å². The summed E-state index contributed by atoms with van der Waals surface area (Å²) in [5.41, 5.74) is 0.634. The number of benzene rings is 1. The van der Waals surface area contributed by atoms with Gasteiger partial charge in [-0.15, -0.1) is 0 Å². The summed E-state index contributed by atoms with van der Waals surface area (Å²) in [5.74, 6) is 3.87. The first-order valence-corrected chi connectivity index (χ1v) is 10.6. The highest BCUT2D eigenvalue weighted by molar-refractivity contribution is 9.10. The Labute approximate surface area is 156 Å². The third-order valence-corrected chi connectivity index (χ3v) is 6.88. The number of nitrogens with one attached hydrogen (secondary N) is 1. The van der Waals surface area contributed by atoms with Crippen molar-refractivity contribution in [2.75, 3.05) is 38.2 Å². The van der Waals surface area contributed by atoms with Gasteiger partial charge in [-0.25, -0.2) is 0 Å². The Morgan fingerprint density at radius 3 is 2.83 bits per heavy atom. The molecule has 2 heterocycles. The van der Waals surface area contributed by atoms with Gasteiger partial charge in [-0.3, -0.25) is 9.69 Å². The number of thioether (sulfide) groups is 1. The average molecular weight is 413 g/mol. The van der Waals surface area contributed by atoms with Crippen LogP contribution in [-0.2, 0) is 0 Å². The van der Waals surface area contributed by atoms with Crippen LogP contribution < -0.4 is 10.1 Å². The molecule has 2 saturated heterocycles. The van der Waals surface area contributed by atoms with E-state index in [9.17, 15) is 4.79 Å². The lowest BCUT2D eigenvalue weighted by molar-refractivity contribution is 0.0927. The molecule has 1 N–H and O–H groups in total. The molecule has 4 nitrogen and oxygen atoms in total. The topological polar surface area (TPSA) is 41.6 Å². The second-order valence-corrected chi connectivity index (χ2v) is 8.56. The molecule has 1 atom stereocenters. The van der Waals surface area contributed by atoms with E-state index in [-0.39, 0.29) is 5.91 Å². The molecule has 2 fully saturated rings. The van der Waals surface area contributed by atoms with Crippen LogP contribution in [0.15, 0.2) is 22.7 Å². The monoisotopic (exact) mass is 412 g/mol. The van der Waals surface area contributed by atoms with E-state index in [0.29, 0.717) is 17.2 Å². The Kier molecular flexibility index (Phi) is 6.47. The van der Waals surface area contributed by atoms with Crippen molar-refractivity contribution >= 4 is 33.6 Å². The Morgan fingerprint density at radius 1 is 1.38 bits per heavy atom. The maximum absolute atomic E-state index is 12.4. The van der Waals surface area contributed by atoms with Crippen molar-refractivity contribution in [2.24, 2.45) is 5.92 Å². The number of carbonyl (C=O) groups excluding carboxylic acids is 1. The number of rotatable bonds is 5. The predicted molar refractivity (Wildman–Crippen MR) is 103 cm³/mol. The molecule has 0 spiro atoms. The van der Waals surface area contributed by atoms with Gasteiger partial charge in [0.05, 0.1) is 12.7 Å². The largest absolute Gasteiger partial charge is 0.497 e. The highest BCUT2D eigenvalue weighted by Crippen LogP contribution is 2.27. The van der Waals surface area contributed by atoms with Crippen LogP contribution in [0.2, 0.25) is 0 Å². The molecule has 24 heavy (non-hydrogen) atoms. The average Bonchev–Trinajstić information content (AvgIpc) is 3.15. The summed E-state index contributed by atoms with van der Waals surface area (Å²) >= 11 is 5.53. The zero-order valence-electron chi connectivity index (χ0n) is 14.1. The third-order valence-electron chi connectivity index (χ3n) is 5.04. The minimum absolute atomic E-state index is 0.0320. The fourth-order valence-electron chi connectivity index (χ4n) is 3.47. The van der Waals surface area contributed by atoms with Crippen molar-refractivity contribution < 1.29 is 9.53 Å². The number of hydrogen-bond donors (Lipinski definition) is 1. The molecule has 0 unspecified atom stereocenters. The minimum Gasteiger partial charge on any atom is -0.497 e. The molecular weight excluding hydrogens is 388 g/mol. The lowest BCUT2D eigenvalue weighted by Crippen LogP contribution is -2.43. The fourth-order valence-corrected chi connectivity index (χ4v) is 5.15. The molecule has 0 aliphatic carbocycles. The van der Waals surface area contributed by atoms with Crippen molar-refractivity contribution in [2.45, 2.75) is 25.3 Å². The zero-order valence-corrected chi connectivity index (χ0v) is 16.5. The van der Waals surface area contributed by atoms with Gasteiger partial charge in [-0.05, 0) is 78.2 Å². The lowest BCUT2D eigenvalue weighted by atomic mass is 9.95. The molecule has 0 bridgehead atoms. The van der Waals surface area contributed by atoms with Crippen molar-refractivity contribution in [3.8, 4) is 5.75 Å². The number of amides is 1. The maximum Gasteiger partial charge on any atom is 0.252 e. The van der Waals surface area contributed by atoms with E-state index >= 15 is 0 Å². The van der Waals surface area contributed by atoms with Crippen molar-refractivity contribution in [1.29, 1.82) is 0 Å². The summed E-state index contributed by atoms with van der Waals surface area (Å²) in [5, 5.41) is 3.10. The van der Waals surface area contributed by atoms with E-state index in [0.717, 1.165) is 17.1 Å². The Bertz CT molecular complexity index is 570. The zero-order chi connectivity index (χ0) is 16.9. The number of hydrogen-bond acceptors (Lipinski definition) is 4. The van der Waals surface area contributed by atoms with Gasteiger partial charge in [0.1, 0.15) is 5.75 Å². The van der Waals surface area contributed by atoms with Crippen molar-refractivity contribution in [3.63, 3.8) is 0 Å². The summed E-state index contributed by atoms with van der Waals surface area (Å²) in [7, 11) is 1.61. The number of piperidine rings is 1. The second kappa shape index (κ2) is 8.59. The number of halogens is 1. The highest BCUT2D eigenvalue weighted by atomic mass is 79.9. The number of nitrogens with zero attached hydrogens (tertiary/aromatic N) is 1. The number of carbonyl (C=O) groups is 1. The molecular formula is C18H25BrN2O2S. The molecule has 0 radical (unpaired) electrons. The van der Waals surface area contributed by atoms with E-state index in [1.807, 2.05) is 12.1 Å². The minimum atomic E-state index is -0.0320. The summed E-state index contributed by atoms with van der Waals surface area (Å²) in [6.07, 6.45) is 3.71. The number of ether oxygens (including phenoxy) is 1. The normalized spacial score (nSPS) is 22.5. The summed E-state index contributed by atoms with van der Waals surface area (Å²) < 4.78 is 6.01. The molecule has 2 aliphatic rings. The standard InChI is InChI=1S/C18H25BrN2O2S/c1-23-15-2-3-17(19)16(10-15)18(22)20-11-13-4-7-21(8-5-13)14-6-9-24-12-14/h2-3,10,13-14H,4-9,11-12H2,1H3,(H,20,22)/t14-/m1/s1. The quantitative estimate of drug-likeness (QED) is 0.804. The van der Waals surface area contributed by atoms with E-state index in [1.54, 1.807) is 13.2 Å². The van der Waals surface area contributed by atoms with Gasteiger partial charge in [0.25, 0.3) is 5.91 Å². The molecule has 6 heteroatoms. The van der Waals surface area contributed by atoms with Crippen LogP contribution in [0.4, 0.5) is 0 Å².